The molecule has 0 spiro atoms. The first kappa shape index (κ1) is 28.9. The molecule has 10 rings (SSSR count). The Morgan fingerprint density at radius 3 is 1.38 bits per heavy atom. The average molecular weight is 705 g/mol. The van der Waals surface area contributed by atoms with Gasteiger partial charge in [-0.1, -0.05) is 0 Å². The van der Waals surface area contributed by atoms with Crippen molar-refractivity contribution in [1.82, 2.24) is 0 Å². The van der Waals surface area contributed by atoms with Gasteiger partial charge in [-0.15, -0.1) is 0 Å². The van der Waals surface area contributed by atoms with Crippen LogP contribution in [0.4, 0.5) is 5.69 Å². The van der Waals surface area contributed by atoms with E-state index in [0.29, 0.717) is 10.8 Å². The van der Waals surface area contributed by atoms with E-state index in [1.807, 2.05) is 48.5 Å². The summed E-state index contributed by atoms with van der Waals surface area (Å²) in [5, 5.41) is 23.1. The van der Waals surface area contributed by atoms with Gasteiger partial charge in [0.1, 0.15) is 0 Å². The number of non-ortho nitro benzene ring substituents is 1. The number of benzene rings is 9. The van der Waals surface area contributed by atoms with E-state index in [2.05, 4.69) is 115 Å². The van der Waals surface area contributed by atoms with Crippen LogP contribution in [0.15, 0.2) is 164 Å². The summed E-state index contributed by atoms with van der Waals surface area (Å²) in [5.41, 5.74) is 7.36. The van der Waals surface area contributed by atoms with E-state index in [0.717, 1.165) is 21.9 Å². The molecular formula is C46H27NO2Se. The Hall–Kier alpha value is -6.06. The summed E-state index contributed by atoms with van der Waals surface area (Å²) >= 11 is 0.0246. The number of nitro groups is 1. The predicted molar refractivity (Wildman–Crippen MR) is 211 cm³/mol. The molecule has 0 aliphatic rings. The van der Waals surface area contributed by atoms with E-state index in [9.17, 15) is 10.1 Å². The van der Waals surface area contributed by atoms with Gasteiger partial charge in [-0.05, 0) is 0 Å². The zero-order valence-electron chi connectivity index (χ0n) is 26.8. The summed E-state index contributed by atoms with van der Waals surface area (Å²) in [5.74, 6) is 0. The van der Waals surface area contributed by atoms with Crippen LogP contribution in [0.3, 0.4) is 0 Å². The fraction of sp³-hybridized carbons (Fsp3) is 0. The quantitative estimate of drug-likeness (QED) is 0.0792. The van der Waals surface area contributed by atoms with Crippen molar-refractivity contribution in [3.63, 3.8) is 0 Å². The molecule has 4 heteroatoms. The first-order valence-electron chi connectivity index (χ1n) is 16.7. The molecule has 10 aromatic rings. The van der Waals surface area contributed by atoms with Gasteiger partial charge in [-0.3, -0.25) is 0 Å². The molecule has 50 heavy (non-hydrogen) atoms. The van der Waals surface area contributed by atoms with Crippen LogP contribution in [0.25, 0.3) is 95.8 Å². The van der Waals surface area contributed by atoms with Gasteiger partial charge in [0.05, 0.1) is 0 Å². The second kappa shape index (κ2) is 11.2. The van der Waals surface area contributed by atoms with Crippen LogP contribution in [-0.2, 0) is 0 Å². The van der Waals surface area contributed by atoms with Gasteiger partial charge in [-0.2, -0.15) is 0 Å². The van der Waals surface area contributed by atoms with Gasteiger partial charge in [0.2, 0.25) is 0 Å². The summed E-state index contributed by atoms with van der Waals surface area (Å²) < 4.78 is 2.68. The number of fused-ring (bicyclic) bond motifs is 7. The van der Waals surface area contributed by atoms with Gasteiger partial charge in [0.25, 0.3) is 0 Å². The van der Waals surface area contributed by atoms with Crippen molar-refractivity contribution in [3.8, 4) is 33.4 Å². The normalized spacial score (nSPS) is 11.8. The number of nitrogens with zero attached hydrogens (tertiary/aromatic N) is 1. The number of hydrogen-bond donors (Lipinski definition) is 0. The van der Waals surface area contributed by atoms with Crippen molar-refractivity contribution >= 4 is 82.6 Å². The molecule has 0 radical (unpaired) electrons. The second-order valence-corrected chi connectivity index (χ2v) is 14.9. The first-order chi connectivity index (χ1) is 24.7. The van der Waals surface area contributed by atoms with Crippen LogP contribution in [0.1, 0.15) is 0 Å². The Kier molecular flexibility index (Phi) is 6.50. The van der Waals surface area contributed by atoms with Crippen molar-refractivity contribution in [2.24, 2.45) is 0 Å². The molecule has 0 aliphatic heterocycles. The van der Waals surface area contributed by atoms with Crippen LogP contribution in [0.2, 0.25) is 0 Å². The second-order valence-electron chi connectivity index (χ2n) is 12.7. The van der Waals surface area contributed by atoms with Crippen LogP contribution >= 0.6 is 0 Å². The van der Waals surface area contributed by atoms with E-state index < -0.39 is 0 Å². The van der Waals surface area contributed by atoms with Crippen LogP contribution < -0.4 is 0 Å². The topological polar surface area (TPSA) is 43.1 Å². The molecular weight excluding hydrogens is 677 g/mol. The summed E-state index contributed by atoms with van der Waals surface area (Å²) in [6.45, 7) is 0. The number of hydrogen-bond acceptors (Lipinski definition) is 2. The first-order valence-corrected chi connectivity index (χ1v) is 18.4. The Morgan fingerprint density at radius 1 is 0.400 bits per heavy atom. The zero-order chi connectivity index (χ0) is 33.3. The Morgan fingerprint density at radius 2 is 0.820 bits per heavy atom. The Labute approximate surface area is 293 Å². The summed E-state index contributed by atoms with van der Waals surface area (Å²) in [6.07, 6.45) is 0. The number of nitro benzene ring substituents is 1. The zero-order valence-corrected chi connectivity index (χ0v) is 28.5. The SMILES string of the molecule is O=[N+]([O-])c1c2ccccc2c(-c2cccc3c2[se]c2cccc(-c4c5ccccc5c(-c5ccccc5)c5ccccc45)c23)c2ccccc12. The standard InChI is InChI=1S/C46H27NO2Se/c48-47(49)45-35-22-10-8-20-33(35)43(34-21-9-11-23-36(34)45)38-25-12-26-39-44-37(24-13-27-40(44)50-46(38)39)42-31-18-6-4-16-29(31)41(28-14-2-1-3-15-28)30-17-5-7-19-32(30)42/h1-27H. The van der Waals surface area contributed by atoms with Gasteiger partial charge >= 0.3 is 295 Å². The molecule has 0 atom stereocenters. The fourth-order valence-corrected chi connectivity index (χ4v) is 10.8. The van der Waals surface area contributed by atoms with Gasteiger partial charge in [0.15, 0.2) is 0 Å². The third kappa shape index (κ3) is 4.16. The molecule has 0 fully saturated rings. The molecule has 0 N–H and O–H groups in total. The van der Waals surface area contributed by atoms with Gasteiger partial charge < -0.3 is 0 Å². The molecule has 9 aromatic carbocycles. The predicted octanol–water partition coefficient (Wildman–Crippen LogP) is 12.6. The molecule has 0 saturated carbocycles. The van der Waals surface area contributed by atoms with Gasteiger partial charge in [-0.25, -0.2) is 0 Å². The molecule has 3 nitrogen and oxygen atoms in total. The Balaban J connectivity index is 1.33. The molecule has 1 heterocycles. The van der Waals surface area contributed by atoms with E-state index in [-0.39, 0.29) is 25.1 Å². The third-order valence-corrected chi connectivity index (χ3v) is 12.7. The summed E-state index contributed by atoms with van der Waals surface area (Å²) in [6, 6.07) is 57.5. The third-order valence-electron chi connectivity index (χ3n) is 10.1. The van der Waals surface area contributed by atoms with Crippen LogP contribution in [0, 0.1) is 10.1 Å². The van der Waals surface area contributed by atoms with E-state index in [1.165, 1.54) is 63.1 Å². The van der Waals surface area contributed by atoms with Crippen molar-refractivity contribution < 1.29 is 4.92 Å². The molecule has 234 valence electrons. The molecule has 1 aromatic heterocycles. The minimum absolute atomic E-state index is 0.0246. The monoisotopic (exact) mass is 705 g/mol. The molecule has 0 aliphatic carbocycles. The average Bonchev–Trinajstić information content (AvgIpc) is 3.56. The fourth-order valence-electron chi connectivity index (χ4n) is 8.18. The van der Waals surface area contributed by atoms with Crippen molar-refractivity contribution in [2.45, 2.75) is 0 Å². The maximum atomic E-state index is 12.5. The maximum absolute atomic E-state index is 12.5. The molecule has 0 amide bonds. The molecule has 0 unspecified atom stereocenters. The van der Waals surface area contributed by atoms with E-state index in [4.69, 9.17) is 0 Å². The molecule has 0 bridgehead atoms. The minimum atomic E-state index is -0.229. The van der Waals surface area contributed by atoms with Crippen LogP contribution in [-0.4, -0.2) is 19.4 Å². The number of rotatable bonds is 4. The molecule has 0 saturated heterocycles. The van der Waals surface area contributed by atoms with E-state index >= 15 is 0 Å². The van der Waals surface area contributed by atoms with E-state index in [1.54, 1.807) is 0 Å². The summed E-state index contributed by atoms with van der Waals surface area (Å²) in [4.78, 5) is 12.3. The van der Waals surface area contributed by atoms with Crippen LogP contribution in [0.5, 0.6) is 0 Å². The van der Waals surface area contributed by atoms with Crippen molar-refractivity contribution in [3.05, 3.63) is 174 Å². The Bertz CT molecular complexity index is 2900. The van der Waals surface area contributed by atoms with Crippen molar-refractivity contribution in [2.75, 3.05) is 0 Å². The summed E-state index contributed by atoms with van der Waals surface area (Å²) in [7, 11) is 0. The van der Waals surface area contributed by atoms with Crippen molar-refractivity contribution in [1.29, 1.82) is 0 Å². The van der Waals surface area contributed by atoms with Gasteiger partial charge in [0, 0.05) is 0 Å².